The second-order valence-corrected chi connectivity index (χ2v) is 33.6. The monoisotopic (exact) mass is 1810 g/mol. The maximum Gasteiger partial charge on any atom is 0.326 e. The van der Waals surface area contributed by atoms with Gasteiger partial charge in [0.1, 0.15) is 96.4 Å². The number of carbonyl (C=O) groups is 18. The van der Waals surface area contributed by atoms with Gasteiger partial charge in [0, 0.05) is 48.5 Å². The molecule has 123 heavy (non-hydrogen) atoms. The van der Waals surface area contributed by atoms with Crippen LogP contribution >= 0.6 is 47.9 Å². The summed E-state index contributed by atoms with van der Waals surface area (Å²) in [7, 11) is 0. The van der Waals surface area contributed by atoms with Gasteiger partial charge in [-0.15, -0.1) is 0 Å². The van der Waals surface area contributed by atoms with Crippen LogP contribution in [-0.4, -0.2) is 288 Å². The number of nitrogens with two attached hydrogens (primary N) is 2. The lowest BCUT2D eigenvalue weighted by molar-refractivity contribution is -0.142. The van der Waals surface area contributed by atoms with Crippen LogP contribution < -0.4 is 85.9 Å². The minimum atomic E-state index is -1.80. The summed E-state index contributed by atoms with van der Waals surface area (Å²) in [5.74, 6) is -20.6. The number of hydrogen-bond acceptors (Lipinski definition) is 26. The number of aliphatic hydroxyl groups is 2. The number of thiol groups is 1. The predicted octanol–water partition coefficient (Wildman–Crippen LogP) is -3.60. The zero-order chi connectivity index (χ0) is 92.5. The summed E-state index contributed by atoms with van der Waals surface area (Å²) < 4.78 is 0. The number of amides is 15. The molecular weight excluding hydrogens is 1690 g/mol. The molecule has 0 radical (unpaired) electrons. The SMILES string of the molecule is CSCC[C@H](NC(=O)[C@H](CCC(=O)O)NC(=O)[C@H](Cc1c[nH]c2ccccc12)NC(=O)[C@H](CC(C)C)NC(=O)[C@H](CC(=O)O)NC(=O)[C@@H](N)CO)C(=O)N[C@@H](CCSC)C(=O)N[C@@H](CCSC)C(=O)N[C@H](C(=O)N[C@@H](CO)C(=O)N[C@@H](CC(C)C)C(=O)N[C@@H](C)C(=O)N[C@@H](CS)C(=O)N[C@@H](CCC(N)=O)C(=O)N[C@@H](Cc1ccc(O)cc1)C(=O)O)C(C)C. The number of phenols is 1. The number of H-pyrrole nitrogens is 1. The van der Waals surface area contributed by atoms with E-state index >= 15 is 0 Å². The highest BCUT2D eigenvalue weighted by Gasteiger charge is 2.40. The number of para-hydroxylation sites is 1. The smallest absolute Gasteiger partial charge is 0.326 e. The minimum absolute atomic E-state index is 0.0556. The molecule has 0 bridgehead atoms. The van der Waals surface area contributed by atoms with E-state index in [0.29, 0.717) is 22.0 Å². The number of rotatable bonds is 58. The number of aromatic hydroxyl groups is 1. The van der Waals surface area contributed by atoms with E-state index in [2.05, 4.69) is 92.0 Å². The van der Waals surface area contributed by atoms with E-state index < -0.39 is 254 Å². The van der Waals surface area contributed by atoms with Gasteiger partial charge in [-0.3, -0.25) is 81.5 Å². The molecule has 0 fully saturated rings. The van der Waals surface area contributed by atoms with Gasteiger partial charge >= 0.3 is 17.9 Å². The van der Waals surface area contributed by atoms with Crippen LogP contribution in [0.1, 0.15) is 124 Å². The van der Waals surface area contributed by atoms with Gasteiger partial charge in [-0.05, 0) is 135 Å². The number of fused-ring (bicyclic) bond motifs is 1. The Kier molecular flexibility index (Phi) is 47.6. The summed E-state index contributed by atoms with van der Waals surface area (Å²) in [5.41, 5.74) is 12.4. The average molecular weight is 1810 g/mol. The van der Waals surface area contributed by atoms with Gasteiger partial charge in [0.25, 0.3) is 0 Å². The van der Waals surface area contributed by atoms with Crippen molar-refractivity contribution in [2.24, 2.45) is 29.2 Å². The van der Waals surface area contributed by atoms with E-state index in [0.717, 1.165) is 0 Å². The van der Waals surface area contributed by atoms with Crippen LogP contribution in [0.15, 0.2) is 54.7 Å². The lowest BCUT2D eigenvalue weighted by atomic mass is 9.99. The number of benzene rings is 2. The topological polar surface area (TPSA) is 665 Å². The number of carboxylic acid groups (broad SMARTS) is 3. The van der Waals surface area contributed by atoms with Crippen LogP contribution in [0.5, 0.6) is 5.75 Å². The Hall–Kier alpha value is -10.5. The molecule has 0 aliphatic heterocycles. The highest BCUT2D eigenvalue weighted by atomic mass is 32.2. The van der Waals surface area contributed by atoms with E-state index in [1.54, 1.807) is 90.8 Å². The number of thioether (sulfide) groups is 3. The van der Waals surface area contributed by atoms with Gasteiger partial charge in [-0.25, -0.2) is 4.79 Å². The molecule has 0 saturated carbocycles. The summed E-state index contributed by atoms with van der Waals surface area (Å²) >= 11 is 8.02. The summed E-state index contributed by atoms with van der Waals surface area (Å²) in [6, 6.07) is -11.0. The van der Waals surface area contributed by atoms with Crippen LogP contribution in [0, 0.1) is 17.8 Å². The maximum atomic E-state index is 14.8. The number of aromatic amines is 1. The van der Waals surface area contributed by atoms with Crippen LogP contribution in [0.4, 0.5) is 0 Å². The molecule has 45 heteroatoms. The Labute approximate surface area is 729 Å². The number of hydrogen-bond donors (Lipinski definition) is 24. The molecule has 0 aliphatic rings. The molecule has 3 rings (SSSR count). The molecule has 3 aromatic rings. The lowest BCUT2D eigenvalue weighted by Gasteiger charge is -2.29. The van der Waals surface area contributed by atoms with Crippen LogP contribution in [-0.2, 0) is 99.1 Å². The maximum absolute atomic E-state index is 14.8. The molecule has 684 valence electrons. The van der Waals surface area contributed by atoms with Crippen molar-refractivity contribution in [3.8, 4) is 5.75 Å². The van der Waals surface area contributed by atoms with Crippen LogP contribution in [0.3, 0.4) is 0 Å². The van der Waals surface area contributed by atoms with Gasteiger partial charge in [-0.1, -0.05) is 71.9 Å². The van der Waals surface area contributed by atoms with Crippen LogP contribution in [0.25, 0.3) is 10.9 Å². The molecule has 0 spiro atoms. The van der Waals surface area contributed by atoms with Gasteiger partial charge < -0.3 is 122 Å². The average Bonchev–Trinajstić information content (AvgIpc) is 1.70. The van der Waals surface area contributed by atoms with Crippen molar-refractivity contribution in [1.82, 2.24) is 79.4 Å². The number of aliphatic carboxylic acids is 3. The molecule has 2 aromatic carbocycles. The largest absolute Gasteiger partial charge is 0.508 e. The number of aromatic nitrogens is 1. The van der Waals surface area contributed by atoms with E-state index in [4.69, 9.17) is 11.5 Å². The summed E-state index contributed by atoms with van der Waals surface area (Å²) in [5, 5.41) is 94.5. The third kappa shape index (κ3) is 38.0. The first-order valence-corrected chi connectivity index (χ1v) is 44.4. The van der Waals surface area contributed by atoms with Gasteiger partial charge in [-0.2, -0.15) is 47.9 Å². The van der Waals surface area contributed by atoms with Crippen molar-refractivity contribution in [3.05, 3.63) is 65.9 Å². The van der Waals surface area contributed by atoms with Crippen molar-refractivity contribution in [3.63, 3.8) is 0 Å². The quantitative estimate of drug-likeness (QED) is 0.0243. The Morgan fingerprint density at radius 2 is 0.805 bits per heavy atom. The fraction of sp³-hybridized carbons (Fsp3) is 0.590. The van der Waals surface area contributed by atoms with Gasteiger partial charge in [0.05, 0.1) is 19.6 Å². The minimum Gasteiger partial charge on any atom is -0.508 e. The van der Waals surface area contributed by atoms with Crippen molar-refractivity contribution in [1.29, 1.82) is 0 Å². The molecule has 1 heterocycles. The Balaban J connectivity index is 1.87. The molecule has 41 nitrogen and oxygen atoms in total. The molecule has 15 atom stereocenters. The van der Waals surface area contributed by atoms with Crippen molar-refractivity contribution in [2.75, 3.05) is 55.0 Å². The number of phenolic OH excluding ortho intramolecular Hbond substituents is 1. The van der Waals surface area contributed by atoms with E-state index in [1.165, 1.54) is 66.5 Å². The third-order valence-corrected chi connectivity index (χ3v) is 21.2. The first-order valence-electron chi connectivity index (χ1n) is 39.6. The Morgan fingerprint density at radius 1 is 0.415 bits per heavy atom. The number of nitrogens with one attached hydrogen (secondary N) is 15. The summed E-state index contributed by atoms with van der Waals surface area (Å²) in [6.07, 6.45) is 2.60. The third-order valence-electron chi connectivity index (χ3n) is 18.9. The normalized spacial score (nSPS) is 14.9. The Bertz CT molecular complexity index is 4110. The zero-order valence-corrected chi connectivity index (χ0v) is 73.5. The van der Waals surface area contributed by atoms with Gasteiger partial charge in [0.2, 0.25) is 88.6 Å². The first kappa shape index (κ1) is 107. The molecule has 0 unspecified atom stereocenters. The fourth-order valence-corrected chi connectivity index (χ4v) is 13.8. The van der Waals surface area contributed by atoms with Crippen molar-refractivity contribution in [2.45, 2.75) is 216 Å². The second kappa shape index (κ2) is 54.9. The van der Waals surface area contributed by atoms with E-state index in [-0.39, 0.29) is 79.8 Å². The Morgan fingerprint density at radius 3 is 1.24 bits per heavy atom. The first-order chi connectivity index (χ1) is 58.0. The second-order valence-electron chi connectivity index (χ2n) is 30.3. The number of primary amides is 1. The van der Waals surface area contributed by atoms with Crippen LogP contribution in [0.2, 0.25) is 0 Å². The van der Waals surface area contributed by atoms with E-state index in [9.17, 15) is 117 Å². The van der Waals surface area contributed by atoms with Crippen molar-refractivity contribution >= 4 is 165 Å². The van der Waals surface area contributed by atoms with Gasteiger partial charge in [0.15, 0.2) is 0 Å². The molecule has 15 amide bonds. The molecule has 1 aromatic heterocycles. The fourth-order valence-electron chi connectivity index (χ4n) is 12.1. The summed E-state index contributed by atoms with van der Waals surface area (Å²) in [6.45, 7) is 9.18. The molecule has 25 N–H and O–H groups in total. The highest BCUT2D eigenvalue weighted by molar-refractivity contribution is 7.99. The molecule has 0 aliphatic carbocycles. The number of carbonyl (C=O) groups excluding carboxylic acids is 15. The predicted molar refractivity (Wildman–Crippen MR) is 460 cm³/mol. The van der Waals surface area contributed by atoms with Crippen molar-refractivity contribution < 1.29 is 117 Å². The molecular formula is C78H119N17O24S4. The number of carboxylic acids is 3. The standard InChI is InChI=1S/C78H119N17O24S4/c1-38(2)29-53(71(111)82-41(7)64(104)94-59(37-120)76(116)84-48(19-21-60(80)99)67(107)92-57(78(118)119)31-42-15-17-44(98)18-16-42)90-75(115)58(36-97)93-77(117)63(40(5)6)95-70(110)52(25-28-123-10)87-69(109)51(24-27-122-9)86-68(108)50(23-26-121-8)85-66(106)49(20-22-61(100)101)83-73(113)55(32-43-34-81-47-14-12-11-13-45(43)47)91-72(112)54(30-39(3)4)89-74(114)56(33-62(102)103)88-65(105)46(79)35-96/h11-18,34,38-41,46,48-59,63,81,96-98,120H,19-33,35-37,79H2,1-10H3,(H2,80,99)(H,82,111)(H,83,113)(H,84,116)(H,85,106)(H,86,108)(H,87,109)(H,88,105)(H,89,114)(H,90,115)(H,91,112)(H,92,107)(H,93,117)(H,94,104)(H,95,110)(H,100,101)(H,102,103)(H,118,119)/t41-,46-,48-,49-,50-,51-,52-,53-,54-,55-,56-,57-,58-,59-,63-/m0/s1. The molecule has 0 saturated heterocycles. The highest BCUT2D eigenvalue weighted by Crippen LogP contribution is 2.22. The number of aliphatic hydroxyl groups excluding tert-OH is 2. The zero-order valence-electron chi connectivity index (χ0n) is 70.2. The lowest BCUT2D eigenvalue weighted by Crippen LogP contribution is -2.62. The van der Waals surface area contributed by atoms with E-state index in [1.807, 2.05) is 0 Å². The summed E-state index contributed by atoms with van der Waals surface area (Å²) in [4.78, 5) is 248.